The lowest BCUT2D eigenvalue weighted by atomic mass is 10.4. The van der Waals surface area contributed by atoms with Crippen LogP contribution in [-0.4, -0.2) is 16.8 Å². The van der Waals surface area contributed by atoms with Crippen LogP contribution in [0, 0.1) is 0 Å². The van der Waals surface area contributed by atoms with Crippen LogP contribution < -0.4 is 5.32 Å². The van der Waals surface area contributed by atoms with E-state index in [4.69, 9.17) is 0 Å². The smallest absolute Gasteiger partial charge is 0.126 e. The maximum Gasteiger partial charge on any atom is 0.126 e. The van der Waals surface area contributed by atoms with Gasteiger partial charge in [0, 0.05) is 17.5 Å². The fraction of sp³-hybridized carbons (Fsp3) is 0.583. The molecule has 1 heterocycles. The number of rotatable bonds is 6. The minimum atomic E-state index is 0.717. The van der Waals surface area contributed by atoms with Gasteiger partial charge in [0.1, 0.15) is 5.82 Å². The largest absolute Gasteiger partial charge is 0.370 e. The summed E-state index contributed by atoms with van der Waals surface area (Å²) in [5, 5.41) is 3.95. The van der Waals surface area contributed by atoms with Crippen molar-refractivity contribution in [2.75, 3.05) is 11.9 Å². The molecule has 0 amide bonds. The number of pyridine rings is 1. The zero-order valence-electron chi connectivity index (χ0n) is 9.79. The van der Waals surface area contributed by atoms with Gasteiger partial charge in [-0.3, -0.25) is 0 Å². The molecule has 1 N–H and O–H groups in total. The van der Waals surface area contributed by atoms with Crippen LogP contribution >= 0.6 is 11.8 Å². The summed E-state index contributed by atoms with van der Waals surface area (Å²) in [5.74, 6) is 1.99. The highest BCUT2D eigenvalue weighted by atomic mass is 32.2. The minimum absolute atomic E-state index is 0.717. The zero-order valence-corrected chi connectivity index (χ0v) is 10.6. The molecule has 0 saturated carbocycles. The molecule has 0 fully saturated rings. The molecule has 0 aliphatic heterocycles. The van der Waals surface area contributed by atoms with Crippen LogP contribution in [-0.2, 0) is 5.75 Å². The topological polar surface area (TPSA) is 24.9 Å². The summed E-state index contributed by atoms with van der Waals surface area (Å²) in [6.07, 6.45) is 1.22. The predicted octanol–water partition coefficient (Wildman–Crippen LogP) is 3.55. The average molecular weight is 224 g/mol. The molecule has 0 aromatic carbocycles. The lowest BCUT2D eigenvalue weighted by Crippen LogP contribution is -2.01. The molecule has 0 saturated heterocycles. The van der Waals surface area contributed by atoms with Crippen LogP contribution in [0.4, 0.5) is 5.82 Å². The molecular formula is C12H20N2S. The fourth-order valence-electron chi connectivity index (χ4n) is 1.19. The summed E-state index contributed by atoms with van der Waals surface area (Å²) in [5.41, 5.74) is 1.17. The molecule has 0 bridgehead atoms. The van der Waals surface area contributed by atoms with E-state index in [-0.39, 0.29) is 0 Å². The van der Waals surface area contributed by atoms with Gasteiger partial charge in [0.15, 0.2) is 0 Å². The average Bonchev–Trinajstić information content (AvgIpc) is 2.27. The molecule has 3 heteroatoms. The van der Waals surface area contributed by atoms with E-state index in [9.17, 15) is 0 Å². The molecule has 1 aromatic heterocycles. The van der Waals surface area contributed by atoms with Gasteiger partial charge in [-0.25, -0.2) is 4.98 Å². The molecule has 1 unspecified atom stereocenters. The molecule has 0 spiro atoms. The first-order valence-electron chi connectivity index (χ1n) is 5.57. The van der Waals surface area contributed by atoms with Crippen molar-refractivity contribution in [3.05, 3.63) is 23.9 Å². The van der Waals surface area contributed by atoms with Gasteiger partial charge in [0.25, 0.3) is 0 Å². The van der Waals surface area contributed by atoms with Crippen molar-refractivity contribution in [3.63, 3.8) is 0 Å². The molecule has 15 heavy (non-hydrogen) atoms. The van der Waals surface area contributed by atoms with Crippen LogP contribution in [0.15, 0.2) is 18.2 Å². The number of anilines is 1. The molecule has 1 atom stereocenters. The second-order valence-electron chi connectivity index (χ2n) is 3.57. The molecule has 1 aromatic rings. The Hall–Kier alpha value is -0.700. The number of thioether (sulfide) groups is 1. The van der Waals surface area contributed by atoms with E-state index in [0.29, 0.717) is 0 Å². The Kier molecular flexibility index (Phi) is 5.54. The normalized spacial score (nSPS) is 12.5. The van der Waals surface area contributed by atoms with E-state index in [2.05, 4.69) is 43.2 Å². The number of nitrogens with one attached hydrogen (secondary N) is 1. The number of hydrogen-bond acceptors (Lipinski definition) is 3. The van der Waals surface area contributed by atoms with Gasteiger partial charge < -0.3 is 5.32 Å². The fourth-order valence-corrected chi connectivity index (χ4v) is 2.04. The zero-order chi connectivity index (χ0) is 11.1. The third-order valence-electron chi connectivity index (χ3n) is 2.26. The van der Waals surface area contributed by atoms with Crippen LogP contribution in [0.1, 0.15) is 32.9 Å². The van der Waals surface area contributed by atoms with E-state index >= 15 is 0 Å². The van der Waals surface area contributed by atoms with E-state index in [1.807, 2.05) is 17.8 Å². The Bertz CT molecular complexity index is 289. The molecular weight excluding hydrogens is 204 g/mol. The van der Waals surface area contributed by atoms with E-state index < -0.39 is 0 Å². The van der Waals surface area contributed by atoms with Crippen molar-refractivity contribution in [1.29, 1.82) is 0 Å². The third-order valence-corrected chi connectivity index (χ3v) is 3.62. The Morgan fingerprint density at radius 1 is 1.40 bits per heavy atom. The van der Waals surface area contributed by atoms with E-state index in [1.165, 1.54) is 12.1 Å². The highest BCUT2D eigenvalue weighted by molar-refractivity contribution is 7.99. The summed E-state index contributed by atoms with van der Waals surface area (Å²) in [7, 11) is 0. The highest BCUT2D eigenvalue weighted by Gasteiger charge is 2.01. The standard InChI is InChI=1S/C12H20N2S/c1-4-10(3)15-9-11-7-6-8-12(14-11)13-5-2/h6-8,10H,4-5,9H2,1-3H3,(H,13,14). The minimum Gasteiger partial charge on any atom is -0.370 e. The lowest BCUT2D eigenvalue weighted by molar-refractivity contribution is 0.904. The Morgan fingerprint density at radius 2 is 2.20 bits per heavy atom. The summed E-state index contributed by atoms with van der Waals surface area (Å²) in [6, 6.07) is 6.18. The van der Waals surface area contributed by atoms with Crippen LogP contribution in [0.25, 0.3) is 0 Å². The van der Waals surface area contributed by atoms with Crippen molar-refractivity contribution in [3.8, 4) is 0 Å². The Balaban J connectivity index is 2.50. The molecule has 0 aliphatic rings. The van der Waals surface area contributed by atoms with Crippen molar-refractivity contribution >= 4 is 17.6 Å². The Labute approximate surface area is 96.9 Å². The quantitative estimate of drug-likeness (QED) is 0.800. The Morgan fingerprint density at radius 3 is 2.87 bits per heavy atom. The number of hydrogen-bond donors (Lipinski definition) is 1. The summed E-state index contributed by atoms with van der Waals surface area (Å²) in [6.45, 7) is 7.50. The first kappa shape index (κ1) is 12.4. The van der Waals surface area contributed by atoms with Gasteiger partial charge in [-0.05, 0) is 25.5 Å². The number of nitrogens with zero attached hydrogens (tertiary/aromatic N) is 1. The van der Waals surface area contributed by atoms with E-state index in [0.717, 1.165) is 23.4 Å². The molecule has 0 radical (unpaired) electrons. The van der Waals surface area contributed by atoms with Gasteiger partial charge in [-0.1, -0.05) is 19.9 Å². The van der Waals surface area contributed by atoms with Gasteiger partial charge in [-0.2, -0.15) is 11.8 Å². The summed E-state index contributed by atoms with van der Waals surface area (Å²) in [4.78, 5) is 4.54. The van der Waals surface area contributed by atoms with Crippen molar-refractivity contribution in [2.24, 2.45) is 0 Å². The third kappa shape index (κ3) is 4.56. The first-order valence-corrected chi connectivity index (χ1v) is 6.62. The highest BCUT2D eigenvalue weighted by Crippen LogP contribution is 2.19. The van der Waals surface area contributed by atoms with Crippen LogP contribution in [0.3, 0.4) is 0 Å². The van der Waals surface area contributed by atoms with Crippen molar-refractivity contribution < 1.29 is 0 Å². The van der Waals surface area contributed by atoms with Crippen molar-refractivity contribution in [2.45, 2.75) is 38.2 Å². The second-order valence-corrected chi connectivity index (χ2v) is 5.00. The predicted molar refractivity (Wildman–Crippen MR) is 69.4 cm³/mol. The maximum absolute atomic E-state index is 4.54. The molecule has 2 nitrogen and oxygen atoms in total. The lowest BCUT2D eigenvalue weighted by Gasteiger charge is -2.08. The molecule has 84 valence electrons. The van der Waals surface area contributed by atoms with Gasteiger partial charge in [0.05, 0.1) is 5.69 Å². The maximum atomic E-state index is 4.54. The van der Waals surface area contributed by atoms with Crippen molar-refractivity contribution in [1.82, 2.24) is 4.98 Å². The first-order chi connectivity index (χ1) is 7.26. The monoisotopic (exact) mass is 224 g/mol. The second kappa shape index (κ2) is 6.72. The van der Waals surface area contributed by atoms with E-state index in [1.54, 1.807) is 0 Å². The number of aromatic nitrogens is 1. The van der Waals surface area contributed by atoms with Gasteiger partial charge >= 0.3 is 0 Å². The van der Waals surface area contributed by atoms with Gasteiger partial charge in [0.2, 0.25) is 0 Å². The molecule has 1 rings (SSSR count). The SMILES string of the molecule is CCNc1cccc(CSC(C)CC)n1. The van der Waals surface area contributed by atoms with Gasteiger partial charge in [-0.15, -0.1) is 0 Å². The summed E-state index contributed by atoms with van der Waals surface area (Å²) < 4.78 is 0. The summed E-state index contributed by atoms with van der Waals surface area (Å²) >= 11 is 1.97. The molecule has 0 aliphatic carbocycles. The van der Waals surface area contributed by atoms with Crippen LogP contribution in [0.2, 0.25) is 0 Å². The van der Waals surface area contributed by atoms with Crippen LogP contribution in [0.5, 0.6) is 0 Å².